The van der Waals surface area contributed by atoms with Crippen LogP contribution in [0.4, 0.5) is 17.6 Å². The van der Waals surface area contributed by atoms with Crippen molar-refractivity contribution < 1.29 is 27.1 Å². The summed E-state index contributed by atoms with van der Waals surface area (Å²) in [6.07, 6.45) is -2.07. The number of carbonyl (C=O) groups is 1. The predicted molar refractivity (Wildman–Crippen MR) is 81.8 cm³/mol. The van der Waals surface area contributed by atoms with Crippen molar-refractivity contribution in [1.29, 1.82) is 5.26 Å². The zero-order chi connectivity index (χ0) is 18.6. The molecule has 0 saturated heterocycles. The number of hydrogen-bond acceptors (Lipinski definition) is 3. The molecule has 0 aromatic carbocycles. The van der Waals surface area contributed by atoms with E-state index in [9.17, 15) is 22.4 Å². The Morgan fingerprint density at radius 2 is 2.20 bits per heavy atom. The molecule has 2 rings (SSSR count). The average Bonchev–Trinajstić information content (AvgIpc) is 2.58. The fourth-order valence-corrected chi connectivity index (χ4v) is 3.13. The lowest BCUT2D eigenvalue weighted by Crippen LogP contribution is -2.43. The van der Waals surface area contributed by atoms with Crippen molar-refractivity contribution in [1.82, 2.24) is 4.90 Å². The molecule has 0 fully saturated rings. The first-order valence-corrected chi connectivity index (χ1v) is 8.08. The summed E-state index contributed by atoms with van der Waals surface area (Å²) in [6, 6.07) is 1.85. The Labute approximate surface area is 143 Å². The molecule has 0 heterocycles. The highest BCUT2D eigenvalue weighted by Crippen LogP contribution is 2.32. The lowest BCUT2D eigenvalue weighted by atomic mass is 9.91. The first-order valence-electron chi connectivity index (χ1n) is 8.08. The Morgan fingerprint density at radius 1 is 1.48 bits per heavy atom. The minimum Gasteiger partial charge on any atom is -0.381 e. The first-order chi connectivity index (χ1) is 11.7. The van der Waals surface area contributed by atoms with E-state index in [1.165, 1.54) is 6.08 Å². The third-order valence-corrected chi connectivity index (χ3v) is 4.49. The minimum absolute atomic E-state index is 0.0163. The van der Waals surface area contributed by atoms with Gasteiger partial charge in [-0.3, -0.25) is 4.79 Å². The van der Waals surface area contributed by atoms with E-state index in [0.717, 1.165) is 0 Å². The summed E-state index contributed by atoms with van der Waals surface area (Å²) in [5.41, 5.74) is 0.615. The number of rotatable bonds is 4. The van der Waals surface area contributed by atoms with Crippen molar-refractivity contribution in [2.75, 3.05) is 13.7 Å². The van der Waals surface area contributed by atoms with Gasteiger partial charge in [-0.25, -0.2) is 4.39 Å². The fourth-order valence-electron chi connectivity index (χ4n) is 3.13. The molecule has 1 amide bonds. The van der Waals surface area contributed by atoms with Gasteiger partial charge in [0.2, 0.25) is 0 Å². The molecular weight excluding hydrogens is 340 g/mol. The second kappa shape index (κ2) is 8.00. The van der Waals surface area contributed by atoms with Crippen LogP contribution in [0.15, 0.2) is 23.4 Å². The molecule has 4 nitrogen and oxygen atoms in total. The summed E-state index contributed by atoms with van der Waals surface area (Å²) in [5.74, 6) is -2.86. The SMILES string of the molecule is COC1CC=C(CN(C(=O)C(F)(F)F)C2=CC(C#N)CC(F)C2)CC1. The smallest absolute Gasteiger partial charge is 0.381 e. The Hall–Kier alpha value is -1.88. The topological polar surface area (TPSA) is 53.3 Å². The minimum atomic E-state index is -5.06. The molecule has 8 heteroatoms. The molecule has 25 heavy (non-hydrogen) atoms. The monoisotopic (exact) mass is 360 g/mol. The maximum Gasteiger partial charge on any atom is 0.471 e. The van der Waals surface area contributed by atoms with Gasteiger partial charge in [-0.05, 0) is 31.8 Å². The van der Waals surface area contributed by atoms with E-state index in [4.69, 9.17) is 10.00 Å². The number of hydrogen-bond donors (Lipinski definition) is 0. The zero-order valence-corrected chi connectivity index (χ0v) is 13.9. The summed E-state index contributed by atoms with van der Waals surface area (Å²) < 4.78 is 58.0. The third-order valence-electron chi connectivity index (χ3n) is 4.49. The number of amides is 1. The molecule has 0 saturated carbocycles. The number of carbonyl (C=O) groups excluding carboxylic acids is 1. The van der Waals surface area contributed by atoms with E-state index in [1.54, 1.807) is 13.2 Å². The van der Waals surface area contributed by atoms with Crippen molar-refractivity contribution >= 4 is 5.91 Å². The van der Waals surface area contributed by atoms with E-state index in [-0.39, 0.29) is 31.2 Å². The molecule has 2 aliphatic rings. The molecule has 138 valence electrons. The van der Waals surface area contributed by atoms with Crippen LogP contribution in [-0.4, -0.2) is 42.9 Å². The van der Waals surface area contributed by atoms with E-state index in [1.807, 2.05) is 6.07 Å². The summed E-state index contributed by atoms with van der Waals surface area (Å²) >= 11 is 0. The molecule has 3 unspecified atom stereocenters. The van der Waals surface area contributed by atoms with Gasteiger partial charge >= 0.3 is 12.1 Å². The standard InChI is InChI=1S/C17H20F4N2O2/c1-25-15-4-2-11(3-5-15)10-23(16(24)17(19,20)21)14-7-12(9-22)6-13(18)8-14/h2,7,12-13,15H,3-6,8,10H2,1H3. The van der Waals surface area contributed by atoms with Crippen LogP contribution in [0.3, 0.4) is 0 Å². The molecule has 0 spiro atoms. The highest BCUT2D eigenvalue weighted by Gasteiger charge is 2.44. The Balaban J connectivity index is 2.25. The van der Waals surface area contributed by atoms with Crippen LogP contribution in [0.1, 0.15) is 32.1 Å². The second-order valence-corrected chi connectivity index (χ2v) is 6.31. The van der Waals surface area contributed by atoms with Crippen LogP contribution in [0, 0.1) is 17.2 Å². The van der Waals surface area contributed by atoms with Gasteiger partial charge < -0.3 is 9.64 Å². The van der Waals surface area contributed by atoms with Crippen molar-refractivity contribution in [2.45, 2.75) is 50.6 Å². The number of ether oxygens (including phenoxy) is 1. The summed E-state index contributed by atoms with van der Waals surface area (Å²) in [4.78, 5) is 12.4. The maximum absolute atomic E-state index is 13.8. The number of alkyl halides is 4. The van der Waals surface area contributed by atoms with Gasteiger partial charge in [0.05, 0.1) is 18.1 Å². The van der Waals surface area contributed by atoms with Gasteiger partial charge in [-0.1, -0.05) is 11.6 Å². The molecule has 0 aromatic heterocycles. The van der Waals surface area contributed by atoms with Gasteiger partial charge in [0, 0.05) is 25.8 Å². The van der Waals surface area contributed by atoms with Crippen LogP contribution in [0.5, 0.6) is 0 Å². The molecular formula is C17H20F4N2O2. The summed E-state index contributed by atoms with van der Waals surface area (Å²) in [7, 11) is 1.57. The van der Waals surface area contributed by atoms with E-state index in [2.05, 4.69) is 0 Å². The van der Waals surface area contributed by atoms with Crippen molar-refractivity contribution in [3.8, 4) is 6.07 Å². The lowest BCUT2D eigenvalue weighted by Gasteiger charge is -2.32. The van der Waals surface area contributed by atoms with Crippen molar-refractivity contribution in [3.63, 3.8) is 0 Å². The Morgan fingerprint density at radius 3 is 2.72 bits per heavy atom. The van der Waals surface area contributed by atoms with Crippen LogP contribution in [0.2, 0.25) is 0 Å². The van der Waals surface area contributed by atoms with Gasteiger partial charge in [0.25, 0.3) is 0 Å². The number of nitriles is 1. The highest BCUT2D eigenvalue weighted by molar-refractivity contribution is 5.83. The molecule has 0 radical (unpaired) electrons. The Bertz CT molecular complexity index is 607. The average molecular weight is 360 g/mol. The number of nitrogens with zero attached hydrogens (tertiary/aromatic N) is 2. The molecule has 0 aliphatic heterocycles. The van der Waals surface area contributed by atoms with Gasteiger partial charge in [-0.2, -0.15) is 18.4 Å². The number of allylic oxidation sites excluding steroid dienone is 2. The first kappa shape index (κ1) is 19.4. The molecule has 0 aromatic rings. The maximum atomic E-state index is 13.8. The Kier molecular flexibility index (Phi) is 6.22. The van der Waals surface area contributed by atoms with Crippen molar-refractivity contribution in [3.05, 3.63) is 23.4 Å². The summed E-state index contributed by atoms with van der Waals surface area (Å²) in [5, 5.41) is 8.97. The van der Waals surface area contributed by atoms with Crippen LogP contribution >= 0.6 is 0 Å². The van der Waals surface area contributed by atoms with Crippen molar-refractivity contribution in [2.24, 2.45) is 5.92 Å². The molecule has 3 atom stereocenters. The van der Waals surface area contributed by atoms with Gasteiger partial charge in [0.15, 0.2) is 0 Å². The van der Waals surface area contributed by atoms with Crippen LogP contribution in [0.25, 0.3) is 0 Å². The van der Waals surface area contributed by atoms with Crippen LogP contribution < -0.4 is 0 Å². The predicted octanol–water partition coefficient (Wildman–Crippen LogP) is 3.66. The molecule has 0 bridgehead atoms. The fraction of sp³-hybridized carbons (Fsp3) is 0.647. The summed E-state index contributed by atoms with van der Waals surface area (Å²) in [6.45, 7) is -0.245. The third kappa shape index (κ3) is 5.05. The highest BCUT2D eigenvalue weighted by atomic mass is 19.4. The normalized spacial score (nSPS) is 27.1. The van der Waals surface area contributed by atoms with Crippen LogP contribution in [-0.2, 0) is 9.53 Å². The van der Waals surface area contributed by atoms with Gasteiger partial charge in [-0.15, -0.1) is 0 Å². The molecule has 0 N–H and O–H groups in total. The second-order valence-electron chi connectivity index (χ2n) is 6.31. The zero-order valence-electron chi connectivity index (χ0n) is 13.9. The van der Waals surface area contributed by atoms with E-state index < -0.39 is 24.2 Å². The van der Waals surface area contributed by atoms with E-state index >= 15 is 0 Å². The van der Waals surface area contributed by atoms with E-state index in [0.29, 0.717) is 29.7 Å². The lowest BCUT2D eigenvalue weighted by molar-refractivity contribution is -0.183. The quantitative estimate of drug-likeness (QED) is 0.568. The number of methoxy groups -OCH3 is 1. The number of halogens is 4. The molecule has 2 aliphatic carbocycles. The van der Waals surface area contributed by atoms with Gasteiger partial charge in [0.1, 0.15) is 6.17 Å². The largest absolute Gasteiger partial charge is 0.471 e.